The number of hydrogen-bond acceptors (Lipinski definition) is 0. The molecular weight excluding hydrogens is 285 g/mol. The minimum atomic E-state index is 0.0763. The van der Waals surface area contributed by atoms with Gasteiger partial charge in [0.05, 0.1) is 3.70 Å². The van der Waals surface area contributed by atoms with Gasteiger partial charge in [-0.05, 0) is 10.1 Å². The number of aromatic nitrogens is 1. The summed E-state index contributed by atoms with van der Waals surface area (Å²) in [6.07, 6.45) is 4.43. The van der Waals surface area contributed by atoms with Crippen LogP contribution in [0.5, 0.6) is 0 Å². The summed E-state index contributed by atoms with van der Waals surface area (Å²) < 4.78 is 6.20. The monoisotopic (exact) mass is 295 g/mol. The number of halogens is 1. The Morgan fingerprint density at radius 2 is 2.07 bits per heavy atom. The van der Waals surface area contributed by atoms with Crippen LogP contribution in [0.2, 0.25) is 0 Å². The first-order chi connectivity index (χ1) is 6.88. The summed E-state index contributed by atoms with van der Waals surface area (Å²) in [4.78, 5) is 0. The molecule has 3 rings (SSSR count). The normalized spacial score (nSPS) is 14.1. The molecule has 0 fully saturated rings. The SMILES string of the molecule is Cn1c2c(c3ccccc31)C=CC=I2. The molecule has 0 bridgehead atoms. The molecule has 2 aromatic rings. The van der Waals surface area contributed by atoms with Crippen molar-refractivity contribution in [2.75, 3.05) is 0 Å². The quantitative estimate of drug-likeness (QED) is 0.658. The number of para-hydroxylation sites is 1. The van der Waals surface area contributed by atoms with E-state index in [2.05, 4.69) is 52.0 Å². The number of hydrogen-bond donors (Lipinski definition) is 0. The molecule has 0 radical (unpaired) electrons. The maximum Gasteiger partial charge on any atom is 0.0824 e. The summed E-state index contributed by atoms with van der Waals surface area (Å²) in [6.45, 7) is 0. The molecule has 0 amide bonds. The lowest BCUT2D eigenvalue weighted by atomic mass is 10.2. The zero-order chi connectivity index (χ0) is 9.54. The first kappa shape index (κ1) is 8.41. The molecule has 0 aliphatic carbocycles. The maximum absolute atomic E-state index is 2.35. The van der Waals surface area contributed by atoms with Gasteiger partial charge in [0, 0.05) is 23.5 Å². The lowest BCUT2D eigenvalue weighted by Gasteiger charge is -2.00. The van der Waals surface area contributed by atoms with E-state index in [1.165, 1.54) is 20.2 Å². The largest absolute Gasteiger partial charge is 0.339 e. The molecule has 0 saturated heterocycles. The molecule has 0 spiro atoms. The van der Waals surface area contributed by atoms with Crippen molar-refractivity contribution in [2.24, 2.45) is 7.05 Å². The smallest absolute Gasteiger partial charge is 0.0824 e. The van der Waals surface area contributed by atoms with Gasteiger partial charge in [0.2, 0.25) is 0 Å². The van der Waals surface area contributed by atoms with Crippen LogP contribution in [0.4, 0.5) is 0 Å². The Morgan fingerprint density at radius 1 is 1.21 bits per heavy atom. The fraction of sp³-hybridized carbons (Fsp3) is 0.0833. The van der Waals surface area contributed by atoms with Crippen molar-refractivity contribution in [3.8, 4) is 0 Å². The van der Waals surface area contributed by atoms with E-state index in [1.54, 1.807) is 0 Å². The standard InChI is InChI=1S/C12H10IN/c1-14-11-7-3-2-5-9(11)10-6-4-8-13-12(10)14/h2-8H,1H3. The van der Waals surface area contributed by atoms with Crippen molar-refractivity contribution in [1.82, 2.24) is 4.57 Å². The minimum Gasteiger partial charge on any atom is -0.339 e. The maximum atomic E-state index is 2.35. The molecule has 1 aliphatic rings. The van der Waals surface area contributed by atoms with Crippen molar-refractivity contribution in [1.29, 1.82) is 0 Å². The van der Waals surface area contributed by atoms with Crippen LogP contribution >= 0.6 is 20.7 Å². The summed E-state index contributed by atoms with van der Waals surface area (Å²) in [6, 6.07) is 8.64. The van der Waals surface area contributed by atoms with Gasteiger partial charge in [-0.15, -0.1) is 0 Å². The molecule has 1 aliphatic heterocycles. The molecule has 0 unspecified atom stereocenters. The van der Waals surface area contributed by atoms with E-state index in [4.69, 9.17) is 0 Å². The predicted octanol–water partition coefficient (Wildman–Crippen LogP) is 3.15. The third kappa shape index (κ3) is 1.03. The van der Waals surface area contributed by atoms with E-state index in [9.17, 15) is 0 Å². The van der Waals surface area contributed by atoms with Gasteiger partial charge in [0.15, 0.2) is 0 Å². The summed E-state index contributed by atoms with van der Waals surface area (Å²) >= 11 is 0.0763. The third-order valence-corrected chi connectivity index (χ3v) is 5.24. The highest BCUT2D eigenvalue weighted by Gasteiger charge is 2.11. The second kappa shape index (κ2) is 3.05. The number of nitrogens with zero attached hydrogens (tertiary/aromatic N) is 1. The third-order valence-electron chi connectivity index (χ3n) is 2.57. The van der Waals surface area contributed by atoms with Gasteiger partial charge in [-0.3, -0.25) is 0 Å². The molecule has 2 heteroatoms. The van der Waals surface area contributed by atoms with Crippen LogP contribution in [0.25, 0.3) is 17.0 Å². The van der Waals surface area contributed by atoms with Gasteiger partial charge in [-0.1, -0.05) is 51.1 Å². The van der Waals surface area contributed by atoms with Gasteiger partial charge in [0.25, 0.3) is 0 Å². The Kier molecular flexibility index (Phi) is 1.83. The molecule has 2 heterocycles. The molecule has 0 N–H and O–H groups in total. The van der Waals surface area contributed by atoms with Crippen LogP contribution in [0.15, 0.2) is 30.3 Å². The van der Waals surface area contributed by atoms with Crippen molar-refractivity contribution in [3.63, 3.8) is 0 Å². The van der Waals surface area contributed by atoms with Crippen molar-refractivity contribution in [3.05, 3.63) is 39.6 Å². The van der Waals surface area contributed by atoms with E-state index in [1.807, 2.05) is 0 Å². The summed E-state index contributed by atoms with van der Waals surface area (Å²) in [5.74, 6) is 0. The van der Waals surface area contributed by atoms with E-state index in [-0.39, 0.29) is 20.7 Å². The molecule has 70 valence electrons. The first-order valence-electron chi connectivity index (χ1n) is 4.58. The Balaban J connectivity index is 2.54. The Labute approximate surface area is 92.8 Å². The van der Waals surface area contributed by atoms with Crippen LogP contribution in [0.1, 0.15) is 5.56 Å². The number of aryl methyl sites for hydroxylation is 1. The number of rotatable bonds is 0. The molecule has 0 saturated carbocycles. The minimum absolute atomic E-state index is 0.0763. The highest BCUT2D eigenvalue weighted by Crippen LogP contribution is 2.31. The average Bonchev–Trinajstić information content (AvgIpc) is 2.55. The van der Waals surface area contributed by atoms with Gasteiger partial charge < -0.3 is 4.57 Å². The summed E-state index contributed by atoms with van der Waals surface area (Å²) in [7, 11) is 2.17. The van der Waals surface area contributed by atoms with Crippen LogP contribution < -0.4 is 0 Å². The Morgan fingerprint density at radius 3 is 3.00 bits per heavy atom. The van der Waals surface area contributed by atoms with Crippen LogP contribution in [-0.4, -0.2) is 8.58 Å². The fourth-order valence-corrected chi connectivity index (χ4v) is 4.15. The predicted molar refractivity (Wildman–Crippen MR) is 70.7 cm³/mol. The number of benzene rings is 1. The molecular formula is C12H10IN. The second-order valence-electron chi connectivity index (χ2n) is 3.37. The molecule has 1 nitrogen and oxygen atoms in total. The lowest BCUT2D eigenvalue weighted by molar-refractivity contribution is 0.936. The van der Waals surface area contributed by atoms with Crippen molar-refractivity contribution < 1.29 is 0 Å². The number of fused-ring (bicyclic) bond motifs is 3. The Bertz CT molecular complexity index is 561. The second-order valence-corrected chi connectivity index (χ2v) is 5.74. The van der Waals surface area contributed by atoms with Gasteiger partial charge in [-0.2, -0.15) is 0 Å². The molecule has 1 aromatic heterocycles. The van der Waals surface area contributed by atoms with Crippen molar-refractivity contribution >= 4 is 41.7 Å². The summed E-state index contributed by atoms with van der Waals surface area (Å²) in [5, 5.41) is 1.40. The van der Waals surface area contributed by atoms with Crippen LogP contribution in [-0.2, 0) is 7.05 Å². The van der Waals surface area contributed by atoms with Crippen LogP contribution in [0, 0.1) is 3.70 Å². The highest BCUT2D eigenvalue weighted by molar-refractivity contribution is 14.2. The van der Waals surface area contributed by atoms with Crippen LogP contribution in [0.3, 0.4) is 0 Å². The van der Waals surface area contributed by atoms with E-state index >= 15 is 0 Å². The lowest BCUT2D eigenvalue weighted by Crippen LogP contribution is -1.92. The zero-order valence-electron chi connectivity index (χ0n) is 7.87. The highest BCUT2D eigenvalue weighted by atomic mass is 127. The van der Waals surface area contributed by atoms with Gasteiger partial charge >= 0.3 is 0 Å². The number of allylic oxidation sites excluding steroid dienone is 1. The van der Waals surface area contributed by atoms with Gasteiger partial charge in [-0.25, -0.2) is 0 Å². The topological polar surface area (TPSA) is 4.93 Å². The van der Waals surface area contributed by atoms with E-state index < -0.39 is 0 Å². The summed E-state index contributed by atoms with van der Waals surface area (Å²) in [5.41, 5.74) is 2.80. The average molecular weight is 295 g/mol. The fourth-order valence-electron chi connectivity index (χ4n) is 1.91. The van der Waals surface area contributed by atoms with Crippen molar-refractivity contribution in [2.45, 2.75) is 0 Å². The van der Waals surface area contributed by atoms with E-state index in [0.717, 1.165) is 0 Å². The molecule has 0 atom stereocenters. The van der Waals surface area contributed by atoms with E-state index in [0.29, 0.717) is 0 Å². The first-order valence-corrected chi connectivity index (χ1v) is 6.91. The Hall–Kier alpha value is -0.900. The molecule has 1 aromatic carbocycles. The zero-order valence-corrected chi connectivity index (χ0v) is 10.0. The van der Waals surface area contributed by atoms with Gasteiger partial charge in [0.1, 0.15) is 0 Å². The molecule has 14 heavy (non-hydrogen) atoms.